The van der Waals surface area contributed by atoms with Crippen LogP contribution < -0.4 is 9.47 Å². The quantitative estimate of drug-likeness (QED) is 0.203. The Balaban J connectivity index is 1.40. The lowest BCUT2D eigenvalue weighted by atomic mass is 9.99. The molecule has 0 N–H and O–H groups in total. The SMILES string of the molecule is C=CCOC(=O)N1CCC(Oc2ccc(C(Oc3ccc4c(c3)CN(C(=O)OC(C)(C)C)CC4)C(=O)OCC)cc2)CC1. The second-order valence-electron chi connectivity index (χ2n) is 11.6. The summed E-state index contributed by atoms with van der Waals surface area (Å²) >= 11 is 0. The Hall–Kier alpha value is -4.21. The van der Waals surface area contributed by atoms with Gasteiger partial charge in [0.1, 0.15) is 29.8 Å². The molecule has 232 valence electrons. The minimum Gasteiger partial charge on any atom is -0.490 e. The number of amides is 2. The van der Waals surface area contributed by atoms with Gasteiger partial charge in [0.15, 0.2) is 0 Å². The van der Waals surface area contributed by atoms with E-state index in [9.17, 15) is 14.4 Å². The van der Waals surface area contributed by atoms with Gasteiger partial charge in [0, 0.05) is 44.6 Å². The number of piperidine rings is 1. The molecule has 0 aromatic heterocycles. The van der Waals surface area contributed by atoms with Gasteiger partial charge in [-0.2, -0.15) is 0 Å². The predicted molar refractivity (Wildman–Crippen MR) is 160 cm³/mol. The topological polar surface area (TPSA) is 104 Å². The highest BCUT2D eigenvalue weighted by Gasteiger charge is 2.29. The van der Waals surface area contributed by atoms with E-state index in [0.717, 1.165) is 11.1 Å². The molecule has 0 bridgehead atoms. The lowest BCUT2D eigenvalue weighted by Gasteiger charge is -2.31. The van der Waals surface area contributed by atoms with Gasteiger partial charge in [-0.05, 0) is 69.5 Å². The van der Waals surface area contributed by atoms with Crippen LogP contribution in [0.25, 0.3) is 0 Å². The van der Waals surface area contributed by atoms with Gasteiger partial charge < -0.3 is 33.5 Å². The molecule has 1 atom stereocenters. The van der Waals surface area contributed by atoms with Crippen LogP contribution in [-0.4, -0.2) is 72.5 Å². The molecule has 2 aliphatic rings. The molecule has 2 aliphatic heterocycles. The molecule has 2 aromatic rings. The molecule has 1 fully saturated rings. The molecule has 0 radical (unpaired) electrons. The van der Waals surface area contributed by atoms with Gasteiger partial charge in [-0.1, -0.05) is 30.9 Å². The lowest BCUT2D eigenvalue weighted by molar-refractivity contribution is -0.151. The molecule has 2 aromatic carbocycles. The number of carbonyl (C=O) groups is 3. The third-order valence-electron chi connectivity index (χ3n) is 7.11. The van der Waals surface area contributed by atoms with Gasteiger partial charge in [-0.25, -0.2) is 14.4 Å². The summed E-state index contributed by atoms with van der Waals surface area (Å²) in [5, 5.41) is 0. The summed E-state index contributed by atoms with van der Waals surface area (Å²) < 4.78 is 28.4. The summed E-state index contributed by atoms with van der Waals surface area (Å²) in [7, 11) is 0. The number of benzene rings is 2. The number of likely N-dealkylation sites (tertiary alicyclic amines) is 1. The van der Waals surface area contributed by atoms with Crippen LogP contribution in [-0.2, 0) is 32.0 Å². The zero-order valence-corrected chi connectivity index (χ0v) is 25.5. The number of ether oxygens (including phenoxy) is 5. The maximum Gasteiger partial charge on any atom is 0.410 e. The van der Waals surface area contributed by atoms with Crippen LogP contribution in [0.1, 0.15) is 63.3 Å². The fourth-order valence-electron chi connectivity index (χ4n) is 4.99. The van der Waals surface area contributed by atoms with E-state index in [0.29, 0.717) is 62.5 Å². The third-order valence-corrected chi connectivity index (χ3v) is 7.11. The second kappa shape index (κ2) is 14.3. The van der Waals surface area contributed by atoms with Crippen LogP contribution in [0.15, 0.2) is 55.1 Å². The van der Waals surface area contributed by atoms with Gasteiger partial charge >= 0.3 is 18.2 Å². The average Bonchev–Trinajstić information content (AvgIpc) is 2.98. The molecule has 2 heterocycles. The first-order valence-electron chi connectivity index (χ1n) is 14.8. The summed E-state index contributed by atoms with van der Waals surface area (Å²) in [6, 6.07) is 12.9. The lowest BCUT2D eigenvalue weighted by Crippen LogP contribution is -2.42. The molecule has 10 heteroatoms. The average molecular weight is 595 g/mol. The largest absolute Gasteiger partial charge is 0.490 e. The molecule has 1 saturated heterocycles. The monoisotopic (exact) mass is 594 g/mol. The fourth-order valence-corrected chi connectivity index (χ4v) is 4.99. The Morgan fingerprint density at radius 1 is 0.930 bits per heavy atom. The number of rotatable bonds is 9. The normalized spacial score (nSPS) is 16.0. The van der Waals surface area contributed by atoms with Crippen LogP contribution in [0.4, 0.5) is 9.59 Å². The van der Waals surface area contributed by atoms with E-state index in [4.69, 9.17) is 23.7 Å². The molecule has 0 spiro atoms. The Labute approximate surface area is 253 Å². The maximum absolute atomic E-state index is 13.0. The first-order chi connectivity index (χ1) is 20.6. The predicted octanol–water partition coefficient (Wildman–Crippen LogP) is 5.83. The van der Waals surface area contributed by atoms with Crippen LogP contribution in [0, 0.1) is 0 Å². The molecule has 1 unspecified atom stereocenters. The van der Waals surface area contributed by atoms with Crippen LogP contribution in [0.3, 0.4) is 0 Å². The van der Waals surface area contributed by atoms with Crippen molar-refractivity contribution in [1.82, 2.24) is 9.80 Å². The van der Waals surface area contributed by atoms with Crippen molar-refractivity contribution < 1.29 is 38.1 Å². The number of hydrogen-bond donors (Lipinski definition) is 0. The van der Waals surface area contributed by atoms with Gasteiger partial charge in [0.25, 0.3) is 0 Å². The van der Waals surface area contributed by atoms with Gasteiger partial charge in [-0.15, -0.1) is 0 Å². The number of nitrogens with zero attached hydrogens (tertiary/aromatic N) is 2. The minimum atomic E-state index is -0.984. The zero-order valence-electron chi connectivity index (χ0n) is 25.5. The molecule has 43 heavy (non-hydrogen) atoms. The van der Waals surface area contributed by atoms with Crippen LogP contribution >= 0.6 is 0 Å². The summed E-state index contributed by atoms with van der Waals surface area (Å²) in [5.41, 5.74) is 2.12. The standard InChI is InChI=1S/C33H42N2O8/c1-6-20-40-31(37)34-18-15-27(16-19-34)41-26-11-9-24(10-12-26)29(30(36)39-7-2)42-28-13-8-23-14-17-35(22-25(23)21-28)32(38)43-33(3,4)5/h6,8-13,21,27,29H,1,7,14-20,22H2,2-5H3. The zero-order chi connectivity index (χ0) is 31.0. The van der Waals surface area contributed by atoms with Crippen molar-refractivity contribution in [1.29, 1.82) is 0 Å². The van der Waals surface area contributed by atoms with Crippen molar-refractivity contribution in [3.05, 3.63) is 71.8 Å². The molecule has 4 rings (SSSR count). The molecule has 0 aliphatic carbocycles. The summed E-state index contributed by atoms with van der Waals surface area (Å²) in [6.45, 7) is 13.3. The van der Waals surface area contributed by atoms with E-state index < -0.39 is 17.7 Å². The molecule has 0 saturated carbocycles. The van der Waals surface area contributed by atoms with Crippen molar-refractivity contribution >= 4 is 18.2 Å². The smallest absolute Gasteiger partial charge is 0.410 e. The van der Waals surface area contributed by atoms with E-state index in [2.05, 4.69) is 6.58 Å². The van der Waals surface area contributed by atoms with Crippen molar-refractivity contribution in [2.24, 2.45) is 0 Å². The molecule has 10 nitrogen and oxygen atoms in total. The van der Waals surface area contributed by atoms with Gasteiger partial charge in [-0.3, -0.25) is 0 Å². The summed E-state index contributed by atoms with van der Waals surface area (Å²) in [5.74, 6) is 0.664. The van der Waals surface area contributed by atoms with Crippen molar-refractivity contribution in [3.8, 4) is 11.5 Å². The van der Waals surface area contributed by atoms with Crippen molar-refractivity contribution in [2.75, 3.05) is 32.8 Å². The van der Waals surface area contributed by atoms with Crippen molar-refractivity contribution in [2.45, 2.75) is 71.3 Å². The summed E-state index contributed by atoms with van der Waals surface area (Å²) in [4.78, 5) is 41.0. The Morgan fingerprint density at radius 2 is 1.63 bits per heavy atom. The highest BCUT2D eigenvalue weighted by Crippen LogP contribution is 2.30. The summed E-state index contributed by atoms with van der Waals surface area (Å²) in [6.07, 6.45) is 1.90. The van der Waals surface area contributed by atoms with Gasteiger partial charge in [0.2, 0.25) is 6.10 Å². The highest BCUT2D eigenvalue weighted by atomic mass is 16.6. The Morgan fingerprint density at radius 3 is 2.28 bits per heavy atom. The number of carbonyl (C=O) groups excluding carboxylic acids is 3. The van der Waals surface area contributed by atoms with Crippen LogP contribution in [0.2, 0.25) is 0 Å². The molecule has 2 amide bonds. The Kier molecular flexibility index (Phi) is 10.6. The van der Waals surface area contributed by atoms with E-state index in [-0.39, 0.29) is 31.5 Å². The third kappa shape index (κ3) is 8.89. The maximum atomic E-state index is 13.0. The van der Waals surface area contributed by atoms with Crippen molar-refractivity contribution in [3.63, 3.8) is 0 Å². The minimum absolute atomic E-state index is 0.0397. The molecular weight excluding hydrogens is 552 g/mol. The number of esters is 1. The Bertz CT molecular complexity index is 1280. The van der Waals surface area contributed by atoms with E-state index in [1.54, 1.807) is 47.1 Å². The first kappa shape index (κ1) is 31.7. The number of hydrogen-bond acceptors (Lipinski definition) is 8. The highest BCUT2D eigenvalue weighted by molar-refractivity contribution is 5.77. The number of fused-ring (bicyclic) bond motifs is 1. The van der Waals surface area contributed by atoms with E-state index in [1.807, 2.05) is 39.0 Å². The molecular formula is C33H42N2O8. The van der Waals surface area contributed by atoms with Crippen LogP contribution in [0.5, 0.6) is 11.5 Å². The fraction of sp³-hybridized carbons (Fsp3) is 0.485. The second-order valence-corrected chi connectivity index (χ2v) is 11.6. The van der Waals surface area contributed by atoms with E-state index in [1.165, 1.54) is 0 Å². The first-order valence-corrected chi connectivity index (χ1v) is 14.8. The van der Waals surface area contributed by atoms with E-state index >= 15 is 0 Å². The van der Waals surface area contributed by atoms with Gasteiger partial charge in [0.05, 0.1) is 6.61 Å².